The summed E-state index contributed by atoms with van der Waals surface area (Å²) >= 11 is 0. The first-order valence-electron chi connectivity index (χ1n) is 13.8. The second-order valence-electron chi connectivity index (χ2n) is 10.3. The Hall–Kier alpha value is -3.72. The predicted octanol–water partition coefficient (Wildman–Crippen LogP) is 4.54. The quantitative estimate of drug-likeness (QED) is 0.126. The standard InChI is InChI=1S/C32H39N3O5/c1-39-23-40-22-29(21-28(32(37)34-38)20-24-8-4-2-5-9-24)33-31(36)27-12-14-30(15-13-27)35-18-16-26(17-19-35)25-10-6-3-7-11-25/h2-15,26,28-29,38H,16-23H2,1H3,(H,33,36)(H,34,37). The number of nitrogens with one attached hydrogen (secondary N) is 2. The Kier molecular flexibility index (Phi) is 11.1. The van der Waals surface area contributed by atoms with Gasteiger partial charge in [-0.05, 0) is 67.0 Å². The molecular weight excluding hydrogens is 506 g/mol. The number of ether oxygens (including phenoxy) is 2. The number of hydrogen-bond acceptors (Lipinski definition) is 6. The van der Waals surface area contributed by atoms with E-state index in [1.165, 1.54) is 12.7 Å². The van der Waals surface area contributed by atoms with E-state index in [4.69, 9.17) is 9.47 Å². The van der Waals surface area contributed by atoms with E-state index >= 15 is 0 Å². The van der Waals surface area contributed by atoms with E-state index < -0.39 is 17.9 Å². The number of benzene rings is 3. The molecule has 0 radical (unpaired) electrons. The molecule has 0 aliphatic carbocycles. The lowest BCUT2D eigenvalue weighted by Gasteiger charge is -2.34. The van der Waals surface area contributed by atoms with Crippen molar-refractivity contribution in [3.63, 3.8) is 0 Å². The highest BCUT2D eigenvalue weighted by molar-refractivity contribution is 5.94. The molecule has 2 unspecified atom stereocenters. The lowest BCUT2D eigenvalue weighted by molar-refractivity contribution is -0.134. The molecule has 0 aromatic heterocycles. The second kappa shape index (κ2) is 15.2. The van der Waals surface area contributed by atoms with Crippen LogP contribution in [0.25, 0.3) is 0 Å². The number of rotatable bonds is 13. The van der Waals surface area contributed by atoms with E-state index in [0.717, 1.165) is 37.2 Å². The third-order valence-corrected chi connectivity index (χ3v) is 7.49. The predicted molar refractivity (Wildman–Crippen MR) is 154 cm³/mol. The lowest BCUT2D eigenvalue weighted by Crippen LogP contribution is -2.42. The van der Waals surface area contributed by atoms with Gasteiger partial charge in [-0.15, -0.1) is 0 Å². The van der Waals surface area contributed by atoms with E-state index in [2.05, 4.69) is 40.5 Å². The van der Waals surface area contributed by atoms with E-state index in [9.17, 15) is 14.8 Å². The zero-order chi connectivity index (χ0) is 28.2. The van der Waals surface area contributed by atoms with Crippen LogP contribution >= 0.6 is 0 Å². The Balaban J connectivity index is 1.37. The van der Waals surface area contributed by atoms with Crippen LogP contribution in [0.15, 0.2) is 84.9 Å². The van der Waals surface area contributed by atoms with Crippen LogP contribution in [0.4, 0.5) is 5.69 Å². The zero-order valence-electron chi connectivity index (χ0n) is 23.0. The highest BCUT2D eigenvalue weighted by Crippen LogP contribution is 2.30. The van der Waals surface area contributed by atoms with E-state index in [-0.39, 0.29) is 25.7 Å². The Labute approximate surface area is 236 Å². The fourth-order valence-electron chi connectivity index (χ4n) is 5.35. The maximum Gasteiger partial charge on any atom is 0.251 e. The molecule has 4 rings (SSSR count). The smallest absolute Gasteiger partial charge is 0.251 e. The summed E-state index contributed by atoms with van der Waals surface area (Å²) in [7, 11) is 1.52. The minimum absolute atomic E-state index is 0.0670. The van der Waals surface area contributed by atoms with Crippen molar-refractivity contribution in [2.45, 2.75) is 37.6 Å². The number of nitrogens with zero attached hydrogens (tertiary/aromatic N) is 1. The normalized spacial score (nSPS) is 15.3. The average molecular weight is 546 g/mol. The second-order valence-corrected chi connectivity index (χ2v) is 10.3. The van der Waals surface area contributed by atoms with Crippen molar-refractivity contribution in [3.05, 3.63) is 102 Å². The largest absolute Gasteiger partial charge is 0.371 e. The fourth-order valence-corrected chi connectivity index (χ4v) is 5.35. The van der Waals surface area contributed by atoms with Crippen LogP contribution in [0, 0.1) is 5.92 Å². The number of carbonyl (C=O) groups is 2. The first-order chi connectivity index (χ1) is 19.6. The molecule has 8 heteroatoms. The van der Waals surface area contributed by atoms with Gasteiger partial charge in [0.2, 0.25) is 5.91 Å². The molecule has 1 aliphatic rings. The Morgan fingerprint density at radius 3 is 2.23 bits per heavy atom. The molecule has 212 valence electrons. The van der Waals surface area contributed by atoms with Gasteiger partial charge in [-0.2, -0.15) is 0 Å². The SMILES string of the molecule is COCOCC(CC(Cc1ccccc1)C(=O)NO)NC(=O)c1ccc(N2CCC(c3ccccc3)CC2)cc1. The summed E-state index contributed by atoms with van der Waals surface area (Å²) in [4.78, 5) is 28.0. The van der Waals surface area contributed by atoms with Crippen molar-refractivity contribution >= 4 is 17.5 Å². The first-order valence-corrected chi connectivity index (χ1v) is 13.8. The summed E-state index contributed by atoms with van der Waals surface area (Å²) in [5, 5.41) is 12.3. The Bertz CT molecular complexity index is 1180. The number of hydrogen-bond donors (Lipinski definition) is 3. The van der Waals surface area contributed by atoms with Crippen LogP contribution in [0.5, 0.6) is 0 Å². The van der Waals surface area contributed by atoms with E-state index in [1.54, 1.807) is 5.48 Å². The van der Waals surface area contributed by atoms with Gasteiger partial charge >= 0.3 is 0 Å². The van der Waals surface area contributed by atoms with Gasteiger partial charge in [-0.1, -0.05) is 60.7 Å². The van der Waals surface area contributed by atoms with Crippen molar-refractivity contribution in [2.75, 3.05) is 38.5 Å². The first kappa shape index (κ1) is 29.3. The lowest BCUT2D eigenvalue weighted by atomic mass is 9.89. The van der Waals surface area contributed by atoms with Crippen LogP contribution in [0.2, 0.25) is 0 Å². The van der Waals surface area contributed by atoms with Crippen molar-refractivity contribution in [1.29, 1.82) is 0 Å². The number of methoxy groups -OCH3 is 1. The molecule has 3 aromatic carbocycles. The van der Waals surface area contributed by atoms with Gasteiger partial charge in [0.15, 0.2) is 0 Å². The zero-order valence-corrected chi connectivity index (χ0v) is 23.0. The monoisotopic (exact) mass is 545 g/mol. The molecule has 1 fully saturated rings. The summed E-state index contributed by atoms with van der Waals surface area (Å²) < 4.78 is 10.5. The summed E-state index contributed by atoms with van der Waals surface area (Å²) in [5.74, 6) is -0.734. The molecule has 3 aromatic rings. The van der Waals surface area contributed by atoms with E-state index in [1.807, 2.05) is 54.6 Å². The van der Waals surface area contributed by atoms with Crippen LogP contribution in [0.3, 0.4) is 0 Å². The maximum atomic E-state index is 13.2. The minimum Gasteiger partial charge on any atom is -0.371 e. The molecule has 40 heavy (non-hydrogen) atoms. The van der Waals surface area contributed by atoms with E-state index in [0.29, 0.717) is 17.9 Å². The molecule has 2 amide bonds. The molecule has 1 heterocycles. The van der Waals surface area contributed by atoms with Crippen molar-refractivity contribution in [1.82, 2.24) is 10.8 Å². The van der Waals surface area contributed by atoms with Gasteiger partial charge in [0.1, 0.15) is 6.79 Å². The number of amides is 2. The summed E-state index contributed by atoms with van der Waals surface area (Å²) in [6.07, 6.45) is 2.90. The maximum absolute atomic E-state index is 13.2. The molecule has 2 atom stereocenters. The molecule has 0 saturated carbocycles. The highest BCUT2D eigenvalue weighted by atomic mass is 16.7. The Morgan fingerprint density at radius 1 is 0.950 bits per heavy atom. The molecule has 1 saturated heterocycles. The summed E-state index contributed by atoms with van der Waals surface area (Å²) in [6.45, 7) is 2.18. The molecule has 8 nitrogen and oxygen atoms in total. The molecular formula is C32H39N3O5. The minimum atomic E-state index is -0.565. The van der Waals surface area contributed by atoms with Gasteiger partial charge in [0.05, 0.1) is 12.6 Å². The summed E-state index contributed by atoms with van der Waals surface area (Å²) in [5.41, 5.74) is 5.77. The molecule has 0 bridgehead atoms. The topological polar surface area (TPSA) is 100 Å². The fraction of sp³-hybridized carbons (Fsp3) is 0.375. The molecule has 0 spiro atoms. The molecule has 3 N–H and O–H groups in total. The van der Waals surface area contributed by atoms with Crippen LogP contribution < -0.4 is 15.7 Å². The van der Waals surface area contributed by atoms with Crippen molar-refractivity contribution in [3.8, 4) is 0 Å². The third kappa shape index (κ3) is 8.39. The summed E-state index contributed by atoms with van der Waals surface area (Å²) in [6, 6.07) is 27.4. The number of piperidine rings is 1. The number of carbonyl (C=O) groups excluding carboxylic acids is 2. The average Bonchev–Trinajstić information content (AvgIpc) is 3.01. The van der Waals surface area contributed by atoms with Crippen LogP contribution in [0.1, 0.15) is 46.7 Å². The van der Waals surface area contributed by atoms with Crippen LogP contribution in [-0.2, 0) is 20.7 Å². The van der Waals surface area contributed by atoms with Gasteiger partial charge in [0.25, 0.3) is 5.91 Å². The van der Waals surface area contributed by atoms with Gasteiger partial charge < -0.3 is 19.7 Å². The van der Waals surface area contributed by atoms with Crippen LogP contribution in [-0.4, -0.2) is 56.7 Å². The highest BCUT2D eigenvalue weighted by Gasteiger charge is 2.26. The number of hydroxylamine groups is 1. The molecule has 1 aliphatic heterocycles. The third-order valence-electron chi connectivity index (χ3n) is 7.49. The van der Waals surface area contributed by atoms with Crippen molar-refractivity contribution in [2.24, 2.45) is 5.92 Å². The van der Waals surface area contributed by atoms with Crippen molar-refractivity contribution < 1.29 is 24.3 Å². The Morgan fingerprint density at radius 2 is 1.60 bits per heavy atom. The van der Waals surface area contributed by atoms with Gasteiger partial charge in [-0.3, -0.25) is 14.8 Å². The number of anilines is 1. The van der Waals surface area contributed by atoms with Gasteiger partial charge in [0, 0.05) is 37.4 Å². The van der Waals surface area contributed by atoms with Gasteiger partial charge in [-0.25, -0.2) is 5.48 Å².